The predicted molar refractivity (Wildman–Crippen MR) is 64.3 cm³/mol. The fourth-order valence-electron chi connectivity index (χ4n) is 0. The van der Waals surface area contributed by atoms with E-state index >= 15 is 0 Å². The van der Waals surface area contributed by atoms with E-state index < -0.39 is 15.6 Å². The van der Waals surface area contributed by atoms with E-state index in [9.17, 15) is 0 Å². The molecule has 6 N–H and O–H groups in total. The van der Waals surface area contributed by atoms with Crippen LogP contribution in [-0.2, 0) is 9.13 Å². The summed E-state index contributed by atoms with van der Waals surface area (Å²) in [5.41, 5.74) is 0. The van der Waals surface area contributed by atoms with Gasteiger partial charge < -0.3 is 29.4 Å². The molecule has 15 heavy (non-hydrogen) atoms. The molecule has 0 radical (unpaired) electrons. The molecule has 0 fully saturated rings. The molecule has 0 aromatic heterocycles. The first-order valence-electron chi connectivity index (χ1n) is 1.57. The summed E-state index contributed by atoms with van der Waals surface area (Å²) in [7, 11) is -9.28. The van der Waals surface area contributed by atoms with Gasteiger partial charge in [-0.2, -0.15) is 0 Å². The van der Waals surface area contributed by atoms with E-state index in [1.54, 1.807) is 0 Å². The van der Waals surface area contributed by atoms with Crippen LogP contribution in [0.3, 0.4) is 0 Å². The number of hydrogen-bond acceptors (Lipinski definition) is 2. The van der Waals surface area contributed by atoms with Gasteiger partial charge in [-0.05, 0) is 0 Å². The van der Waals surface area contributed by atoms with Crippen LogP contribution in [0.2, 0.25) is 0 Å². The van der Waals surface area contributed by atoms with Crippen molar-refractivity contribution in [3.05, 3.63) is 0 Å². The Morgan fingerprint density at radius 1 is 0.533 bits per heavy atom. The van der Waals surface area contributed by atoms with E-state index in [1.807, 2.05) is 0 Å². The maximum absolute atomic E-state index is 8.88. The van der Waals surface area contributed by atoms with Gasteiger partial charge >= 0.3 is 229 Å². The molecule has 0 saturated carbocycles. The van der Waals surface area contributed by atoms with Crippen molar-refractivity contribution in [2.24, 2.45) is 0 Å². The zero-order valence-electron chi connectivity index (χ0n) is 4.39. The first kappa shape index (κ1) is 43.2. The quantitative estimate of drug-likeness (QED) is 0.184. The molecule has 0 heterocycles. The van der Waals surface area contributed by atoms with E-state index in [2.05, 4.69) is 0 Å². The molecule has 0 amide bonds. The van der Waals surface area contributed by atoms with Crippen LogP contribution in [0.15, 0.2) is 0 Å². The Bertz CT molecular complexity index is 138. The summed E-state index contributed by atoms with van der Waals surface area (Å²) in [4.78, 5) is 43.1. The fourth-order valence-corrected chi connectivity index (χ4v) is 0. The van der Waals surface area contributed by atoms with E-state index in [1.165, 1.54) is 0 Å². The molecule has 15 heteroatoms. The minimum absolute atomic E-state index is 0. The second-order valence-corrected chi connectivity index (χ2v) is 3.08. The molecule has 0 aromatic carbocycles. The van der Waals surface area contributed by atoms with Crippen molar-refractivity contribution in [1.29, 1.82) is 0 Å². The topological polar surface area (TPSA) is 156 Å². The van der Waals surface area contributed by atoms with Crippen LogP contribution < -0.4 is 0 Å². The molecule has 0 aliphatic heterocycles. The van der Waals surface area contributed by atoms with Gasteiger partial charge in [-0.25, -0.2) is 9.13 Å². The van der Waals surface area contributed by atoms with Gasteiger partial charge in [-0.3, -0.25) is 0 Å². The van der Waals surface area contributed by atoms with Gasteiger partial charge in [0, 0.05) is 0 Å². The average molecular weight is 364 g/mol. The van der Waals surface area contributed by atoms with Crippen molar-refractivity contribution in [3.8, 4) is 0 Å². The maximum atomic E-state index is 8.88. The van der Waals surface area contributed by atoms with Crippen LogP contribution in [0.5, 0.6) is 0 Å². The third-order valence-electron chi connectivity index (χ3n) is 0. The summed E-state index contributed by atoms with van der Waals surface area (Å²) in [5.74, 6) is 0. The molecule has 0 spiro atoms. The Labute approximate surface area is 259 Å². The summed E-state index contributed by atoms with van der Waals surface area (Å²) >= 11 is 0. The van der Waals surface area contributed by atoms with Crippen molar-refractivity contribution in [2.75, 3.05) is 0 Å². The second kappa shape index (κ2) is 23.4. The molecule has 0 bridgehead atoms. The van der Waals surface area contributed by atoms with Crippen LogP contribution in [0.4, 0.5) is 0 Å². The Morgan fingerprint density at radius 2 is 0.533 bits per heavy atom. The van der Waals surface area contributed by atoms with Gasteiger partial charge in [0.1, 0.15) is 0 Å². The van der Waals surface area contributed by atoms with Crippen LogP contribution in [0.1, 0.15) is 0 Å². The van der Waals surface area contributed by atoms with Crippen molar-refractivity contribution >= 4 is 229 Å². The van der Waals surface area contributed by atoms with E-state index in [-0.39, 0.29) is 213 Å². The summed E-state index contributed by atoms with van der Waals surface area (Å²) in [5, 5.41) is 0. The third kappa shape index (κ3) is 152. The van der Waals surface area contributed by atoms with Gasteiger partial charge in [-0.1, -0.05) is 0 Å². The van der Waals surface area contributed by atoms with Crippen LogP contribution in [0.25, 0.3) is 0 Å². The standard InChI is InChI=1S/3K.2Na.2H3O4P.5H/c;;;;;2*1-5(2,3)4;;;;;/h;;;;;2*(H3,1,2,3,4);;;;;. The average Bonchev–Trinajstić information content (AvgIpc) is 1.12. The fraction of sp³-hybridized carbons (Fsp3) is 0. The van der Waals surface area contributed by atoms with Gasteiger partial charge in [-0.15, -0.1) is 0 Å². The second-order valence-electron chi connectivity index (χ2n) is 1.03. The Hall–Kier alpha value is 7.13. The Kier molecular flexibility index (Phi) is 67.3. The Morgan fingerprint density at radius 3 is 0.533 bits per heavy atom. The van der Waals surface area contributed by atoms with Gasteiger partial charge in [0.05, 0.1) is 0 Å². The Balaban J connectivity index is -0.0000000128. The SMILES string of the molecule is O=P(O)(O)O.O=P(O)(O)O.[KH].[KH].[KH].[NaH].[NaH]. The molecule has 0 aliphatic rings. The molecule has 0 atom stereocenters. The normalized spacial score (nSPS) is 7.87. The summed E-state index contributed by atoms with van der Waals surface area (Å²) in [6.07, 6.45) is 0. The summed E-state index contributed by atoms with van der Waals surface area (Å²) < 4.78 is 17.8. The third-order valence-corrected chi connectivity index (χ3v) is 0. The van der Waals surface area contributed by atoms with Crippen molar-refractivity contribution in [2.45, 2.75) is 0 Å². The molecule has 0 unspecified atom stereocenters. The van der Waals surface area contributed by atoms with Crippen LogP contribution in [-0.4, -0.2) is 243 Å². The molecular formula is H11K3Na2O8P2. The zero-order chi connectivity index (χ0) is 9.00. The van der Waals surface area contributed by atoms with E-state index in [4.69, 9.17) is 38.5 Å². The molecule has 0 aliphatic carbocycles. The van der Waals surface area contributed by atoms with Gasteiger partial charge in [0.25, 0.3) is 0 Å². The van der Waals surface area contributed by atoms with E-state index in [0.29, 0.717) is 0 Å². The molecule has 74 valence electrons. The van der Waals surface area contributed by atoms with Crippen molar-refractivity contribution in [1.82, 2.24) is 0 Å². The van der Waals surface area contributed by atoms with Crippen LogP contribution >= 0.6 is 15.6 Å². The minimum atomic E-state index is -4.64. The van der Waals surface area contributed by atoms with Crippen molar-refractivity contribution in [3.63, 3.8) is 0 Å². The van der Waals surface area contributed by atoms with Gasteiger partial charge in [0.15, 0.2) is 0 Å². The molecule has 0 saturated heterocycles. The molecular weight excluding hydrogens is 353 g/mol. The monoisotopic (exact) mass is 364 g/mol. The van der Waals surface area contributed by atoms with Gasteiger partial charge in [0.2, 0.25) is 0 Å². The summed E-state index contributed by atoms with van der Waals surface area (Å²) in [6.45, 7) is 0. The number of hydrogen-bond donors (Lipinski definition) is 6. The number of phosphoric acid groups is 2. The summed E-state index contributed by atoms with van der Waals surface area (Å²) in [6, 6.07) is 0. The first-order chi connectivity index (χ1) is 4.00. The zero-order valence-corrected chi connectivity index (χ0v) is 6.18. The van der Waals surface area contributed by atoms with Crippen LogP contribution in [0, 0.1) is 0 Å². The molecule has 8 nitrogen and oxygen atoms in total. The van der Waals surface area contributed by atoms with Crippen molar-refractivity contribution < 1.29 is 38.5 Å². The predicted octanol–water partition coefficient (Wildman–Crippen LogP) is -5.10. The number of rotatable bonds is 0. The first-order valence-corrected chi connectivity index (χ1v) is 4.70. The molecule has 0 rings (SSSR count). The molecule has 0 aromatic rings. The van der Waals surface area contributed by atoms with E-state index in [0.717, 1.165) is 0 Å².